The lowest BCUT2D eigenvalue weighted by Gasteiger charge is -2.26. The van der Waals surface area contributed by atoms with Gasteiger partial charge >= 0.3 is 5.97 Å². The maximum atomic E-state index is 12.5. The molecule has 8 nitrogen and oxygen atoms in total. The summed E-state index contributed by atoms with van der Waals surface area (Å²) in [5.41, 5.74) is 1.56. The average molecular weight is 467 g/mol. The van der Waals surface area contributed by atoms with Gasteiger partial charge in [0.1, 0.15) is 0 Å². The van der Waals surface area contributed by atoms with Crippen LogP contribution in [0.4, 0.5) is 5.69 Å². The normalized spacial score (nSPS) is 14.8. The Morgan fingerprint density at radius 2 is 1.74 bits per heavy atom. The van der Waals surface area contributed by atoms with Crippen molar-refractivity contribution in [3.05, 3.63) is 64.2 Å². The minimum absolute atomic E-state index is 0.143. The van der Waals surface area contributed by atoms with E-state index in [2.05, 4.69) is 5.32 Å². The lowest BCUT2D eigenvalue weighted by atomic mass is 10.1. The molecule has 31 heavy (non-hydrogen) atoms. The number of benzene rings is 2. The van der Waals surface area contributed by atoms with E-state index >= 15 is 0 Å². The van der Waals surface area contributed by atoms with Gasteiger partial charge < -0.3 is 14.8 Å². The minimum atomic E-state index is -3.44. The van der Waals surface area contributed by atoms with Crippen molar-refractivity contribution in [1.82, 2.24) is 4.31 Å². The lowest BCUT2D eigenvalue weighted by molar-refractivity contribution is 0.0526. The summed E-state index contributed by atoms with van der Waals surface area (Å²) in [7, 11) is -3.44. The van der Waals surface area contributed by atoms with Gasteiger partial charge in [-0.15, -0.1) is 0 Å². The summed E-state index contributed by atoms with van der Waals surface area (Å²) in [6.07, 6.45) is 0. The summed E-state index contributed by atoms with van der Waals surface area (Å²) < 4.78 is 36.6. The summed E-state index contributed by atoms with van der Waals surface area (Å²) in [6.45, 7) is 3.43. The first-order valence-electron chi connectivity index (χ1n) is 9.72. The van der Waals surface area contributed by atoms with E-state index in [1.165, 1.54) is 22.5 Å². The first-order valence-corrected chi connectivity index (χ1v) is 11.7. The van der Waals surface area contributed by atoms with E-state index in [-0.39, 0.29) is 22.9 Å². The van der Waals surface area contributed by atoms with Gasteiger partial charge in [0.05, 0.1) is 41.8 Å². The van der Waals surface area contributed by atoms with Crippen LogP contribution in [0, 0.1) is 0 Å². The van der Waals surface area contributed by atoms with Crippen molar-refractivity contribution >= 4 is 39.2 Å². The third-order valence-corrected chi connectivity index (χ3v) is 6.82. The van der Waals surface area contributed by atoms with Crippen LogP contribution in [0.3, 0.4) is 0 Å². The first kappa shape index (κ1) is 23.2. The Hall–Kier alpha value is -2.46. The summed E-state index contributed by atoms with van der Waals surface area (Å²) in [4.78, 5) is 24.3. The molecule has 1 amide bonds. The molecular formula is C21H23ClN2O6S. The van der Waals surface area contributed by atoms with Crippen LogP contribution in [-0.2, 0) is 25.2 Å². The Bertz CT molecular complexity index is 1050. The second-order valence-electron chi connectivity index (χ2n) is 6.83. The molecule has 2 aromatic carbocycles. The molecule has 0 saturated carbocycles. The van der Waals surface area contributed by atoms with E-state index in [0.717, 1.165) is 0 Å². The second-order valence-corrected chi connectivity index (χ2v) is 9.21. The van der Waals surface area contributed by atoms with E-state index in [1.807, 2.05) is 0 Å². The molecule has 0 radical (unpaired) electrons. The zero-order valence-corrected chi connectivity index (χ0v) is 18.5. The topological polar surface area (TPSA) is 102 Å². The van der Waals surface area contributed by atoms with E-state index in [0.29, 0.717) is 43.1 Å². The van der Waals surface area contributed by atoms with Gasteiger partial charge in [-0.05, 0) is 42.8 Å². The van der Waals surface area contributed by atoms with Crippen LogP contribution in [0.1, 0.15) is 33.2 Å². The van der Waals surface area contributed by atoms with Crippen LogP contribution in [0.15, 0.2) is 42.5 Å². The quantitative estimate of drug-likeness (QED) is 0.629. The number of anilines is 1. The van der Waals surface area contributed by atoms with Crippen LogP contribution in [0.25, 0.3) is 0 Å². The Balaban J connectivity index is 1.64. The SMILES string of the molecule is CCOC(=O)c1ccc(NC(=O)c2ccc(CS(=O)(=O)N3CCOCC3)cc2)c(Cl)c1. The van der Waals surface area contributed by atoms with Gasteiger partial charge in [0, 0.05) is 18.7 Å². The van der Waals surface area contributed by atoms with Gasteiger partial charge in [0.15, 0.2) is 0 Å². The molecule has 1 heterocycles. The molecule has 1 saturated heterocycles. The third-order valence-electron chi connectivity index (χ3n) is 4.66. The number of rotatable bonds is 7. The minimum Gasteiger partial charge on any atom is -0.462 e. The molecule has 1 aliphatic heterocycles. The number of morpholine rings is 1. The van der Waals surface area contributed by atoms with Gasteiger partial charge in [0.2, 0.25) is 10.0 Å². The van der Waals surface area contributed by atoms with Gasteiger partial charge in [0.25, 0.3) is 5.91 Å². The molecule has 1 N–H and O–H groups in total. The third kappa shape index (κ3) is 6.04. The fraction of sp³-hybridized carbons (Fsp3) is 0.333. The van der Waals surface area contributed by atoms with Crippen molar-refractivity contribution in [3.63, 3.8) is 0 Å². The van der Waals surface area contributed by atoms with Crippen molar-refractivity contribution in [2.45, 2.75) is 12.7 Å². The molecule has 1 aliphatic rings. The summed E-state index contributed by atoms with van der Waals surface area (Å²) >= 11 is 6.17. The number of hydrogen-bond donors (Lipinski definition) is 1. The molecular weight excluding hydrogens is 444 g/mol. The smallest absolute Gasteiger partial charge is 0.338 e. The Kier molecular flexibility index (Phi) is 7.66. The standard InChI is InChI=1S/C21H23ClN2O6S/c1-2-30-21(26)17-7-8-19(18(22)13-17)23-20(25)16-5-3-15(4-6-16)14-31(27,28)24-9-11-29-12-10-24/h3-8,13H,2,9-12,14H2,1H3,(H,23,25). The molecule has 0 aliphatic carbocycles. The van der Waals surface area contributed by atoms with Crippen LogP contribution in [0.5, 0.6) is 0 Å². The van der Waals surface area contributed by atoms with Crippen LogP contribution in [0.2, 0.25) is 5.02 Å². The Morgan fingerprint density at radius 3 is 2.35 bits per heavy atom. The molecule has 0 bridgehead atoms. The average Bonchev–Trinajstić information content (AvgIpc) is 2.76. The number of nitrogens with one attached hydrogen (secondary N) is 1. The molecule has 0 aromatic heterocycles. The van der Waals surface area contributed by atoms with Crippen LogP contribution in [-0.4, -0.2) is 57.5 Å². The summed E-state index contributed by atoms with van der Waals surface area (Å²) in [6, 6.07) is 10.8. The molecule has 0 atom stereocenters. The van der Waals surface area contributed by atoms with Gasteiger partial charge in [-0.3, -0.25) is 4.79 Å². The second kappa shape index (κ2) is 10.2. The van der Waals surface area contributed by atoms with Crippen molar-refractivity contribution in [1.29, 1.82) is 0 Å². The van der Waals surface area contributed by atoms with E-state index < -0.39 is 21.9 Å². The van der Waals surface area contributed by atoms with E-state index in [4.69, 9.17) is 21.1 Å². The van der Waals surface area contributed by atoms with E-state index in [1.54, 1.807) is 31.2 Å². The predicted molar refractivity (Wildman–Crippen MR) is 117 cm³/mol. The number of halogens is 1. The number of carbonyl (C=O) groups is 2. The number of ether oxygens (including phenoxy) is 2. The number of nitrogens with zero attached hydrogens (tertiary/aromatic N) is 1. The van der Waals surface area contributed by atoms with Crippen molar-refractivity contribution in [2.75, 3.05) is 38.2 Å². The molecule has 1 fully saturated rings. The maximum absolute atomic E-state index is 12.5. The van der Waals surface area contributed by atoms with Crippen molar-refractivity contribution < 1.29 is 27.5 Å². The number of hydrogen-bond acceptors (Lipinski definition) is 6. The monoisotopic (exact) mass is 466 g/mol. The van der Waals surface area contributed by atoms with E-state index in [9.17, 15) is 18.0 Å². The summed E-state index contributed by atoms with van der Waals surface area (Å²) in [5.74, 6) is -1.05. The first-order chi connectivity index (χ1) is 14.8. The lowest BCUT2D eigenvalue weighted by Crippen LogP contribution is -2.41. The van der Waals surface area contributed by atoms with Crippen LogP contribution >= 0.6 is 11.6 Å². The van der Waals surface area contributed by atoms with Crippen molar-refractivity contribution in [2.24, 2.45) is 0 Å². The fourth-order valence-corrected chi connectivity index (χ4v) is 4.76. The predicted octanol–water partition coefficient (Wildman–Crippen LogP) is 2.93. The molecule has 166 valence electrons. The summed E-state index contributed by atoms with van der Waals surface area (Å²) in [5, 5.41) is 2.88. The molecule has 10 heteroatoms. The Labute approximate surface area is 186 Å². The highest BCUT2D eigenvalue weighted by atomic mass is 35.5. The zero-order chi connectivity index (χ0) is 22.4. The number of sulfonamides is 1. The molecule has 2 aromatic rings. The maximum Gasteiger partial charge on any atom is 0.338 e. The number of carbonyl (C=O) groups excluding carboxylic acids is 2. The zero-order valence-electron chi connectivity index (χ0n) is 17.0. The highest BCUT2D eigenvalue weighted by Gasteiger charge is 2.24. The van der Waals surface area contributed by atoms with Crippen molar-refractivity contribution in [3.8, 4) is 0 Å². The highest BCUT2D eigenvalue weighted by molar-refractivity contribution is 7.88. The van der Waals surface area contributed by atoms with Gasteiger partial charge in [-0.2, -0.15) is 4.31 Å². The fourth-order valence-electron chi connectivity index (χ4n) is 3.03. The van der Waals surface area contributed by atoms with Gasteiger partial charge in [-0.1, -0.05) is 23.7 Å². The largest absolute Gasteiger partial charge is 0.462 e. The van der Waals surface area contributed by atoms with Crippen LogP contribution < -0.4 is 5.32 Å². The van der Waals surface area contributed by atoms with Gasteiger partial charge in [-0.25, -0.2) is 13.2 Å². The number of amides is 1. The molecule has 0 spiro atoms. The molecule has 0 unspecified atom stereocenters. The highest BCUT2D eigenvalue weighted by Crippen LogP contribution is 2.24. The Morgan fingerprint density at radius 1 is 1.10 bits per heavy atom. The molecule has 3 rings (SSSR count). The number of esters is 1.